The molecule has 2 heterocycles. The van der Waals surface area contributed by atoms with Crippen LogP contribution in [-0.4, -0.2) is 30.0 Å². The summed E-state index contributed by atoms with van der Waals surface area (Å²) in [5, 5.41) is 23.3. The van der Waals surface area contributed by atoms with Crippen molar-refractivity contribution in [2.45, 2.75) is 32.2 Å². The van der Waals surface area contributed by atoms with Gasteiger partial charge >= 0.3 is 0 Å². The second-order valence-corrected chi connectivity index (χ2v) is 9.53. The first-order valence-corrected chi connectivity index (χ1v) is 11.0. The maximum atomic E-state index is 10.3. The minimum Gasteiger partial charge on any atom is -0.523 e. The number of halogens is 2. The van der Waals surface area contributed by atoms with Crippen molar-refractivity contribution >= 4 is 45.9 Å². The number of ether oxygens (including phenoxy) is 2. The van der Waals surface area contributed by atoms with Gasteiger partial charge in [-0.3, -0.25) is 11.3 Å². The molecule has 9 heteroatoms. The van der Waals surface area contributed by atoms with Crippen molar-refractivity contribution in [2.24, 2.45) is 11.8 Å². The molecule has 1 unspecified atom stereocenters. The fraction of sp³-hybridized carbons (Fsp3) is 0.474. The summed E-state index contributed by atoms with van der Waals surface area (Å²) in [6.45, 7) is 0.823. The fourth-order valence-electron chi connectivity index (χ4n) is 3.20. The van der Waals surface area contributed by atoms with Crippen molar-refractivity contribution in [2.75, 3.05) is 13.7 Å². The van der Waals surface area contributed by atoms with Gasteiger partial charge in [-0.2, -0.15) is 6.07 Å². The van der Waals surface area contributed by atoms with Gasteiger partial charge in [-0.25, -0.2) is 0 Å². The van der Waals surface area contributed by atoms with Crippen LogP contribution in [0.15, 0.2) is 23.2 Å². The summed E-state index contributed by atoms with van der Waals surface area (Å²) < 4.78 is 11.6. The Morgan fingerprint density at radius 1 is 1.25 bits per heavy atom. The second-order valence-electron chi connectivity index (χ2n) is 6.42. The van der Waals surface area contributed by atoms with Gasteiger partial charge in [-0.15, -0.1) is 16.2 Å². The Morgan fingerprint density at radius 2 is 2.04 bits per heavy atom. The van der Waals surface area contributed by atoms with Crippen LogP contribution in [0.1, 0.15) is 21.7 Å². The molecule has 0 fully saturated rings. The van der Waals surface area contributed by atoms with Crippen LogP contribution in [0.5, 0.6) is 5.75 Å². The number of thiophene rings is 2. The molecule has 151 valence electrons. The predicted molar refractivity (Wildman–Crippen MR) is 110 cm³/mol. The van der Waals surface area contributed by atoms with Gasteiger partial charge in [0, 0.05) is 72.4 Å². The number of aryl methyl sites for hydroxylation is 1. The van der Waals surface area contributed by atoms with Gasteiger partial charge < -0.3 is 19.7 Å². The summed E-state index contributed by atoms with van der Waals surface area (Å²) in [4.78, 5) is 2.13. The number of hydrogen-bond acceptors (Lipinski definition) is 6. The molecule has 4 nitrogen and oxygen atoms in total. The molecule has 0 aliphatic heterocycles. The van der Waals surface area contributed by atoms with Crippen molar-refractivity contribution in [1.82, 2.24) is 0 Å². The molecule has 0 bridgehead atoms. The Balaban J connectivity index is 0.00000280. The van der Waals surface area contributed by atoms with E-state index >= 15 is 0 Å². The van der Waals surface area contributed by atoms with Crippen molar-refractivity contribution in [3.05, 3.63) is 48.3 Å². The molecule has 0 amide bonds. The molecule has 0 spiro atoms. The van der Waals surface area contributed by atoms with Gasteiger partial charge in [0.05, 0.1) is 30.8 Å². The number of rotatable bonds is 9. The molecule has 0 saturated heterocycles. The Bertz CT molecular complexity index is 793. The molecule has 28 heavy (non-hydrogen) atoms. The molecular weight excluding hydrogens is 516 g/mol. The maximum Gasteiger partial charge on any atom is 0.0986 e. The van der Waals surface area contributed by atoms with Crippen molar-refractivity contribution in [1.29, 1.82) is 0 Å². The van der Waals surface area contributed by atoms with E-state index in [0.717, 1.165) is 28.2 Å². The second kappa shape index (κ2) is 11.8. The minimum absolute atomic E-state index is 0. The standard InChI is InChI=1S/C19H21Cl2O4S2.Y/c1-24-12-5-14(26-10-12)8-25-9-16-15(17(20)6-18(16)23)3-2-13-4-11(7-22)19(21)27-13;/h4-6,15-16,18,22-23H,2-3,7-9H2,1H3;/q-1;/t15-,16-,18?;/m1./s1. The average Bonchev–Trinajstić information content (AvgIpc) is 3.32. The summed E-state index contributed by atoms with van der Waals surface area (Å²) >= 11 is 15.4. The number of methoxy groups -OCH3 is 1. The summed E-state index contributed by atoms with van der Waals surface area (Å²) in [6, 6.07) is 3.83. The molecule has 2 aromatic rings. The molecule has 0 saturated carbocycles. The Hall–Kier alpha value is 0.504. The van der Waals surface area contributed by atoms with Gasteiger partial charge in [0.1, 0.15) is 0 Å². The third kappa shape index (κ3) is 6.25. The molecule has 1 radical (unpaired) electrons. The van der Waals surface area contributed by atoms with Crippen LogP contribution in [0.3, 0.4) is 0 Å². The van der Waals surface area contributed by atoms with Gasteiger partial charge in [-0.05, 0) is 25.0 Å². The summed E-state index contributed by atoms with van der Waals surface area (Å²) in [5.41, 5.74) is 0.757. The van der Waals surface area contributed by atoms with Crippen molar-refractivity contribution < 1.29 is 52.4 Å². The largest absolute Gasteiger partial charge is 0.523 e. The first kappa shape index (κ1) is 24.8. The van der Waals surface area contributed by atoms with E-state index in [0.29, 0.717) is 28.3 Å². The van der Waals surface area contributed by atoms with Crippen LogP contribution in [0.2, 0.25) is 4.34 Å². The van der Waals surface area contributed by atoms with Crippen LogP contribution in [0, 0.1) is 17.2 Å². The molecule has 1 aliphatic carbocycles. The number of aliphatic hydroxyl groups is 2. The van der Waals surface area contributed by atoms with E-state index in [1.807, 2.05) is 12.1 Å². The molecule has 3 rings (SSSR count). The van der Waals surface area contributed by atoms with E-state index in [2.05, 4.69) is 5.38 Å². The quantitative estimate of drug-likeness (QED) is 0.458. The number of aliphatic hydroxyl groups excluding tert-OH is 2. The summed E-state index contributed by atoms with van der Waals surface area (Å²) in [5.74, 6) is 0.680. The number of hydrogen-bond donors (Lipinski definition) is 2. The topological polar surface area (TPSA) is 58.9 Å². The van der Waals surface area contributed by atoms with E-state index in [-0.39, 0.29) is 51.2 Å². The van der Waals surface area contributed by atoms with E-state index in [4.69, 9.17) is 32.7 Å². The van der Waals surface area contributed by atoms with Crippen LogP contribution in [0.25, 0.3) is 0 Å². The van der Waals surface area contributed by atoms with Gasteiger partial charge in [0.2, 0.25) is 0 Å². The minimum atomic E-state index is -0.605. The first-order chi connectivity index (χ1) is 13.0. The summed E-state index contributed by atoms with van der Waals surface area (Å²) in [7, 11) is 1.61. The zero-order valence-corrected chi connectivity index (χ0v) is 21.3. The molecule has 2 N–H and O–H groups in total. The molecule has 2 aromatic heterocycles. The predicted octanol–water partition coefficient (Wildman–Crippen LogP) is 4.64. The zero-order valence-electron chi connectivity index (χ0n) is 15.4. The van der Waals surface area contributed by atoms with Crippen LogP contribution >= 0.6 is 45.9 Å². The number of allylic oxidation sites excluding steroid dienone is 1. The van der Waals surface area contributed by atoms with Crippen LogP contribution < -0.4 is 4.74 Å². The Kier molecular flexibility index (Phi) is 10.4. The first-order valence-electron chi connectivity index (χ1n) is 8.57. The fourth-order valence-corrected chi connectivity index (χ4v) is 5.60. The van der Waals surface area contributed by atoms with E-state index in [9.17, 15) is 10.2 Å². The molecule has 1 aliphatic rings. The zero-order chi connectivity index (χ0) is 19.4. The van der Waals surface area contributed by atoms with Gasteiger partial charge in [0.25, 0.3) is 0 Å². The molecule has 3 atom stereocenters. The normalized spacial score (nSPS) is 21.5. The van der Waals surface area contributed by atoms with E-state index < -0.39 is 6.10 Å². The third-order valence-electron chi connectivity index (χ3n) is 4.67. The smallest absolute Gasteiger partial charge is 0.0986 e. The van der Waals surface area contributed by atoms with Crippen LogP contribution in [0.4, 0.5) is 0 Å². The van der Waals surface area contributed by atoms with E-state index in [1.165, 1.54) is 22.7 Å². The van der Waals surface area contributed by atoms with Crippen molar-refractivity contribution in [3.8, 4) is 5.75 Å². The van der Waals surface area contributed by atoms with Gasteiger partial charge in [-0.1, -0.05) is 28.6 Å². The van der Waals surface area contributed by atoms with Crippen molar-refractivity contribution in [3.63, 3.8) is 0 Å². The molecular formula is C19H21Cl2O4S2Y-. The maximum absolute atomic E-state index is 10.3. The van der Waals surface area contributed by atoms with E-state index in [1.54, 1.807) is 13.2 Å². The molecule has 0 aromatic carbocycles. The Morgan fingerprint density at radius 3 is 2.68 bits per heavy atom. The van der Waals surface area contributed by atoms with Gasteiger partial charge in [0.15, 0.2) is 0 Å². The van der Waals surface area contributed by atoms with Crippen LogP contribution in [-0.2, 0) is 57.1 Å². The summed E-state index contributed by atoms with van der Waals surface area (Å²) in [6.07, 6.45) is 2.69. The Labute approximate surface area is 208 Å². The average molecular weight is 537 g/mol. The SMILES string of the molecule is COc1[c-]sc(COC[C@H]2C(O)C=C(Cl)[C@@H]2CCc2cc(CO)c(Cl)s2)c1.[Y]. The monoisotopic (exact) mass is 536 g/mol. The third-order valence-corrected chi connectivity index (χ3v) is 7.38.